The van der Waals surface area contributed by atoms with E-state index in [4.69, 9.17) is 4.98 Å². The van der Waals surface area contributed by atoms with E-state index in [9.17, 15) is 13.2 Å². The molecule has 1 aliphatic heterocycles. The summed E-state index contributed by atoms with van der Waals surface area (Å²) in [7, 11) is -3.33. The highest BCUT2D eigenvalue weighted by molar-refractivity contribution is 7.88. The van der Waals surface area contributed by atoms with Crippen LogP contribution >= 0.6 is 11.3 Å². The standard InChI is InChI=1S/C22H26N4O3S2/c1-3-16-8-9-19-20(12-16)30-22(24-19)26(14-17-6-4-10-23-13-17)21(27)18-7-5-11-25(15-18)31(2,28)29/h4,6,8-10,12-13,18H,3,5,7,11,14-15H2,1-2H3. The Bertz CT molecular complexity index is 1180. The third-order valence-corrected chi connectivity index (χ3v) is 7.92. The van der Waals surface area contributed by atoms with Crippen molar-refractivity contribution in [3.8, 4) is 0 Å². The van der Waals surface area contributed by atoms with Gasteiger partial charge in [-0.05, 0) is 48.6 Å². The number of pyridine rings is 1. The number of carbonyl (C=O) groups is 1. The molecule has 9 heteroatoms. The second kappa shape index (κ2) is 9.02. The van der Waals surface area contributed by atoms with E-state index in [0.29, 0.717) is 31.1 Å². The lowest BCUT2D eigenvalue weighted by Crippen LogP contribution is -2.46. The van der Waals surface area contributed by atoms with Crippen LogP contribution < -0.4 is 4.90 Å². The number of hydrogen-bond acceptors (Lipinski definition) is 6. The summed E-state index contributed by atoms with van der Waals surface area (Å²) in [6.45, 7) is 3.14. The average Bonchev–Trinajstić information content (AvgIpc) is 3.20. The van der Waals surface area contributed by atoms with Crippen molar-refractivity contribution < 1.29 is 13.2 Å². The average molecular weight is 459 g/mol. The van der Waals surface area contributed by atoms with E-state index in [-0.39, 0.29) is 12.5 Å². The first-order chi connectivity index (χ1) is 14.8. The molecule has 1 saturated heterocycles. The second-order valence-corrected chi connectivity index (χ2v) is 10.9. The maximum Gasteiger partial charge on any atom is 0.233 e. The lowest BCUT2D eigenvalue weighted by atomic mass is 9.98. The normalized spacial score (nSPS) is 17.7. The number of nitrogens with zero attached hydrogens (tertiary/aromatic N) is 4. The number of amides is 1. The van der Waals surface area contributed by atoms with Crippen molar-refractivity contribution in [3.05, 3.63) is 53.9 Å². The summed E-state index contributed by atoms with van der Waals surface area (Å²) in [4.78, 5) is 24.2. The van der Waals surface area contributed by atoms with E-state index in [1.165, 1.54) is 27.5 Å². The quantitative estimate of drug-likeness (QED) is 0.565. The zero-order chi connectivity index (χ0) is 22.0. The smallest absolute Gasteiger partial charge is 0.233 e. The van der Waals surface area contributed by atoms with Crippen molar-refractivity contribution in [1.29, 1.82) is 0 Å². The van der Waals surface area contributed by atoms with Crippen LogP contribution in [0, 0.1) is 5.92 Å². The zero-order valence-electron chi connectivity index (χ0n) is 17.7. The van der Waals surface area contributed by atoms with Gasteiger partial charge in [-0.3, -0.25) is 14.7 Å². The highest BCUT2D eigenvalue weighted by Gasteiger charge is 2.34. The fourth-order valence-corrected chi connectivity index (χ4v) is 5.82. The van der Waals surface area contributed by atoms with E-state index in [1.807, 2.05) is 18.2 Å². The van der Waals surface area contributed by atoms with Gasteiger partial charge in [0.05, 0.1) is 28.9 Å². The molecule has 7 nitrogen and oxygen atoms in total. The lowest BCUT2D eigenvalue weighted by Gasteiger charge is -2.33. The Balaban J connectivity index is 1.68. The molecular weight excluding hydrogens is 432 g/mol. The molecule has 3 aromatic rings. The highest BCUT2D eigenvalue weighted by atomic mass is 32.2. The number of piperidine rings is 1. The summed E-state index contributed by atoms with van der Waals surface area (Å²) in [5.74, 6) is -0.481. The Morgan fingerprint density at radius 3 is 2.84 bits per heavy atom. The molecule has 1 atom stereocenters. The molecule has 1 aliphatic rings. The Kier molecular flexibility index (Phi) is 6.36. The number of anilines is 1. The summed E-state index contributed by atoms with van der Waals surface area (Å²) in [5, 5.41) is 0.633. The van der Waals surface area contributed by atoms with Crippen LogP contribution in [0.1, 0.15) is 30.9 Å². The van der Waals surface area contributed by atoms with Crippen molar-refractivity contribution in [2.75, 3.05) is 24.2 Å². The van der Waals surface area contributed by atoms with E-state index in [0.717, 1.165) is 22.2 Å². The van der Waals surface area contributed by atoms with E-state index < -0.39 is 15.9 Å². The van der Waals surface area contributed by atoms with Crippen LogP contribution in [0.5, 0.6) is 0 Å². The highest BCUT2D eigenvalue weighted by Crippen LogP contribution is 2.33. The fourth-order valence-electron chi connectivity index (χ4n) is 3.87. The first kappa shape index (κ1) is 21.9. The van der Waals surface area contributed by atoms with Crippen LogP contribution in [0.3, 0.4) is 0 Å². The number of sulfonamides is 1. The van der Waals surface area contributed by atoms with Gasteiger partial charge in [0.25, 0.3) is 0 Å². The van der Waals surface area contributed by atoms with Crippen molar-refractivity contribution in [1.82, 2.24) is 14.3 Å². The molecule has 3 heterocycles. The molecule has 1 aromatic carbocycles. The van der Waals surface area contributed by atoms with Crippen LogP contribution in [0.4, 0.5) is 5.13 Å². The van der Waals surface area contributed by atoms with Gasteiger partial charge in [-0.1, -0.05) is 30.4 Å². The molecular formula is C22H26N4O3S2. The van der Waals surface area contributed by atoms with Gasteiger partial charge in [0.2, 0.25) is 15.9 Å². The van der Waals surface area contributed by atoms with E-state index in [2.05, 4.69) is 24.0 Å². The maximum atomic E-state index is 13.6. The Morgan fingerprint density at radius 2 is 2.13 bits per heavy atom. The van der Waals surface area contributed by atoms with Crippen LogP contribution in [-0.4, -0.2) is 47.9 Å². The summed E-state index contributed by atoms with van der Waals surface area (Å²) in [6.07, 6.45) is 6.91. The lowest BCUT2D eigenvalue weighted by molar-refractivity contribution is -0.123. The maximum absolute atomic E-state index is 13.6. The predicted molar refractivity (Wildman–Crippen MR) is 124 cm³/mol. The van der Waals surface area contributed by atoms with Crippen molar-refractivity contribution in [2.45, 2.75) is 32.7 Å². The molecule has 0 aliphatic carbocycles. The van der Waals surface area contributed by atoms with Crippen LogP contribution in [0.15, 0.2) is 42.7 Å². The van der Waals surface area contributed by atoms with Gasteiger partial charge in [0, 0.05) is 25.5 Å². The molecule has 0 radical (unpaired) electrons. The van der Waals surface area contributed by atoms with Gasteiger partial charge < -0.3 is 0 Å². The molecule has 2 aromatic heterocycles. The van der Waals surface area contributed by atoms with Crippen LogP contribution in [0.2, 0.25) is 0 Å². The van der Waals surface area contributed by atoms with Gasteiger partial charge in [0.15, 0.2) is 5.13 Å². The number of hydrogen-bond donors (Lipinski definition) is 0. The number of rotatable bonds is 6. The van der Waals surface area contributed by atoms with Crippen LogP contribution in [0.25, 0.3) is 10.2 Å². The minimum absolute atomic E-state index is 0.0908. The molecule has 4 rings (SSSR count). The van der Waals surface area contributed by atoms with Crippen molar-refractivity contribution in [2.24, 2.45) is 5.92 Å². The van der Waals surface area contributed by atoms with Crippen molar-refractivity contribution in [3.63, 3.8) is 0 Å². The van der Waals surface area contributed by atoms with Crippen molar-refractivity contribution >= 4 is 42.6 Å². The molecule has 1 fully saturated rings. The predicted octanol–water partition coefficient (Wildman–Crippen LogP) is 3.46. The molecule has 0 bridgehead atoms. The third kappa shape index (κ3) is 4.94. The monoisotopic (exact) mass is 458 g/mol. The topological polar surface area (TPSA) is 83.5 Å². The van der Waals surface area contributed by atoms with Gasteiger partial charge in [-0.25, -0.2) is 17.7 Å². The van der Waals surface area contributed by atoms with E-state index in [1.54, 1.807) is 17.3 Å². The van der Waals surface area contributed by atoms with Gasteiger partial charge >= 0.3 is 0 Å². The molecule has 164 valence electrons. The number of carbonyl (C=O) groups excluding carboxylic acids is 1. The molecule has 31 heavy (non-hydrogen) atoms. The van der Waals surface area contributed by atoms with Gasteiger partial charge in [-0.15, -0.1) is 0 Å². The SMILES string of the molecule is CCc1ccc2nc(N(Cc3cccnc3)C(=O)C3CCCN(S(C)(=O)=O)C3)sc2c1. The Labute approximate surface area is 186 Å². The minimum atomic E-state index is -3.33. The molecule has 0 saturated carbocycles. The number of aromatic nitrogens is 2. The minimum Gasteiger partial charge on any atom is -0.283 e. The second-order valence-electron chi connectivity index (χ2n) is 7.90. The summed E-state index contributed by atoms with van der Waals surface area (Å²) in [6, 6.07) is 9.95. The third-order valence-electron chi connectivity index (χ3n) is 5.61. The largest absolute Gasteiger partial charge is 0.283 e. The Hall–Kier alpha value is -2.36. The van der Waals surface area contributed by atoms with Crippen LogP contribution in [-0.2, 0) is 27.8 Å². The number of benzene rings is 1. The van der Waals surface area contributed by atoms with Gasteiger partial charge in [-0.2, -0.15) is 0 Å². The van der Waals surface area contributed by atoms with Gasteiger partial charge in [0.1, 0.15) is 0 Å². The number of fused-ring (bicyclic) bond motifs is 1. The molecule has 0 N–H and O–H groups in total. The molecule has 0 spiro atoms. The Morgan fingerprint density at radius 1 is 1.29 bits per heavy atom. The summed E-state index contributed by atoms with van der Waals surface area (Å²) in [5.41, 5.74) is 2.99. The number of thiazole rings is 1. The number of aryl methyl sites for hydroxylation is 1. The summed E-state index contributed by atoms with van der Waals surface area (Å²) < 4.78 is 26.5. The fraction of sp³-hybridized carbons (Fsp3) is 0.409. The summed E-state index contributed by atoms with van der Waals surface area (Å²) >= 11 is 1.49. The first-order valence-electron chi connectivity index (χ1n) is 10.4. The molecule has 1 unspecified atom stereocenters. The molecule has 1 amide bonds. The zero-order valence-corrected chi connectivity index (χ0v) is 19.3. The first-order valence-corrected chi connectivity index (χ1v) is 13.1. The van der Waals surface area contributed by atoms with E-state index >= 15 is 0 Å².